The van der Waals surface area contributed by atoms with E-state index in [4.69, 9.17) is 6.42 Å². The molecule has 0 heterocycles. The predicted molar refractivity (Wildman–Crippen MR) is 43.6 cm³/mol. The van der Waals surface area contributed by atoms with Crippen molar-refractivity contribution in [3.63, 3.8) is 0 Å². The zero-order valence-corrected chi connectivity index (χ0v) is 6.14. The molecule has 0 amide bonds. The van der Waals surface area contributed by atoms with Gasteiger partial charge in [-0.05, 0) is 19.3 Å². The summed E-state index contributed by atoms with van der Waals surface area (Å²) in [6, 6.07) is 0.532. The Morgan fingerprint density at radius 1 is 1.70 bits per heavy atom. The lowest BCUT2D eigenvalue weighted by molar-refractivity contribution is 0.551. The van der Waals surface area contributed by atoms with Crippen molar-refractivity contribution in [3.8, 4) is 12.3 Å². The van der Waals surface area contributed by atoms with Crippen LogP contribution in [0.2, 0.25) is 0 Å². The molecule has 1 heteroatoms. The first-order valence-corrected chi connectivity index (χ1v) is 3.77. The fourth-order valence-electron chi connectivity index (χ4n) is 1.17. The highest BCUT2D eigenvalue weighted by Gasteiger charge is 2.04. The predicted octanol–water partition coefficient (Wildman–Crippen LogP) is 1.32. The zero-order chi connectivity index (χ0) is 7.23. The molecular formula is C9H13N. The second-order valence-corrected chi connectivity index (χ2v) is 2.55. The second-order valence-electron chi connectivity index (χ2n) is 2.55. The van der Waals surface area contributed by atoms with Gasteiger partial charge in [0.15, 0.2) is 0 Å². The topological polar surface area (TPSA) is 12.0 Å². The third-order valence-corrected chi connectivity index (χ3v) is 1.72. The van der Waals surface area contributed by atoms with Crippen LogP contribution in [0.3, 0.4) is 0 Å². The molecule has 1 aliphatic rings. The molecule has 0 aromatic carbocycles. The van der Waals surface area contributed by atoms with E-state index in [1.807, 2.05) is 0 Å². The smallest absolute Gasteiger partial charge is 0.0578 e. The third-order valence-electron chi connectivity index (χ3n) is 1.72. The van der Waals surface area contributed by atoms with E-state index >= 15 is 0 Å². The van der Waals surface area contributed by atoms with Gasteiger partial charge in [-0.2, -0.15) is 0 Å². The molecule has 0 radical (unpaired) electrons. The van der Waals surface area contributed by atoms with Crippen LogP contribution in [-0.2, 0) is 0 Å². The summed E-state index contributed by atoms with van der Waals surface area (Å²) in [5.41, 5.74) is 0. The van der Waals surface area contributed by atoms with Gasteiger partial charge < -0.3 is 0 Å². The third kappa shape index (κ3) is 2.24. The fourth-order valence-corrected chi connectivity index (χ4v) is 1.17. The average Bonchev–Trinajstić information content (AvgIpc) is 2.03. The molecule has 0 spiro atoms. The molecule has 1 rings (SSSR count). The van der Waals surface area contributed by atoms with Crippen LogP contribution >= 0.6 is 0 Å². The van der Waals surface area contributed by atoms with Crippen molar-refractivity contribution < 1.29 is 0 Å². The Morgan fingerprint density at radius 3 is 3.20 bits per heavy atom. The summed E-state index contributed by atoms with van der Waals surface area (Å²) in [7, 11) is 0. The number of rotatable bonds is 2. The quantitative estimate of drug-likeness (QED) is 0.445. The number of terminal acetylenes is 1. The fraction of sp³-hybridized carbons (Fsp3) is 0.556. The summed E-state index contributed by atoms with van der Waals surface area (Å²) in [4.78, 5) is 0. The van der Waals surface area contributed by atoms with Gasteiger partial charge in [-0.15, -0.1) is 6.42 Å². The van der Waals surface area contributed by atoms with Crippen molar-refractivity contribution in [1.29, 1.82) is 0 Å². The van der Waals surface area contributed by atoms with Crippen molar-refractivity contribution in [2.24, 2.45) is 0 Å². The van der Waals surface area contributed by atoms with Crippen molar-refractivity contribution in [3.05, 3.63) is 12.2 Å². The van der Waals surface area contributed by atoms with Crippen LogP contribution in [-0.4, -0.2) is 12.6 Å². The minimum Gasteiger partial charge on any atom is -0.300 e. The molecule has 0 aromatic rings. The number of hydrogen-bond acceptors (Lipinski definition) is 1. The van der Waals surface area contributed by atoms with Crippen LogP contribution < -0.4 is 5.32 Å². The summed E-state index contributed by atoms with van der Waals surface area (Å²) in [5.74, 6) is 2.57. The van der Waals surface area contributed by atoms with Crippen molar-refractivity contribution in [2.45, 2.75) is 25.3 Å². The lowest BCUT2D eigenvalue weighted by atomic mass is 10.0. The summed E-state index contributed by atoms with van der Waals surface area (Å²) in [6.07, 6.45) is 13.3. The molecule has 0 aliphatic heterocycles. The highest BCUT2D eigenvalue weighted by molar-refractivity contribution is 4.99. The van der Waals surface area contributed by atoms with E-state index in [2.05, 4.69) is 23.4 Å². The maximum absolute atomic E-state index is 5.11. The Balaban J connectivity index is 2.21. The molecule has 0 saturated carbocycles. The Labute approximate surface area is 62.5 Å². The first-order chi connectivity index (χ1) is 4.93. The van der Waals surface area contributed by atoms with Crippen LogP contribution in [0.25, 0.3) is 0 Å². The van der Waals surface area contributed by atoms with Crippen LogP contribution in [0.1, 0.15) is 19.3 Å². The van der Waals surface area contributed by atoms with E-state index in [1.54, 1.807) is 0 Å². The van der Waals surface area contributed by atoms with Crippen molar-refractivity contribution in [1.82, 2.24) is 5.32 Å². The molecule has 0 saturated heterocycles. The molecule has 0 bridgehead atoms. The maximum atomic E-state index is 5.11. The van der Waals surface area contributed by atoms with Gasteiger partial charge in [-0.3, -0.25) is 5.32 Å². The molecule has 1 unspecified atom stereocenters. The van der Waals surface area contributed by atoms with Gasteiger partial charge in [-0.1, -0.05) is 18.1 Å². The Hall–Kier alpha value is -0.740. The molecular weight excluding hydrogens is 122 g/mol. The van der Waals surface area contributed by atoms with Crippen LogP contribution in [0, 0.1) is 12.3 Å². The van der Waals surface area contributed by atoms with Crippen molar-refractivity contribution >= 4 is 0 Å². The highest BCUT2D eigenvalue weighted by Crippen LogP contribution is 2.09. The van der Waals surface area contributed by atoms with E-state index in [-0.39, 0.29) is 0 Å². The lowest BCUT2D eigenvalue weighted by Crippen LogP contribution is -2.28. The van der Waals surface area contributed by atoms with Gasteiger partial charge in [0.2, 0.25) is 0 Å². The first-order valence-electron chi connectivity index (χ1n) is 3.77. The summed E-state index contributed by atoms with van der Waals surface area (Å²) < 4.78 is 0. The molecule has 0 aromatic heterocycles. The van der Waals surface area contributed by atoms with E-state index in [0.717, 1.165) is 0 Å². The van der Waals surface area contributed by atoms with Crippen LogP contribution in [0.5, 0.6) is 0 Å². The van der Waals surface area contributed by atoms with Crippen LogP contribution in [0.4, 0.5) is 0 Å². The normalized spacial score (nSPS) is 24.1. The van der Waals surface area contributed by atoms with Crippen molar-refractivity contribution in [2.75, 3.05) is 6.54 Å². The van der Waals surface area contributed by atoms with Gasteiger partial charge in [0.25, 0.3) is 0 Å². The molecule has 1 atom stereocenters. The maximum Gasteiger partial charge on any atom is 0.0578 e. The van der Waals surface area contributed by atoms with Gasteiger partial charge in [-0.25, -0.2) is 0 Å². The molecule has 1 nitrogen and oxygen atoms in total. The largest absolute Gasteiger partial charge is 0.300 e. The van der Waals surface area contributed by atoms with E-state index < -0.39 is 0 Å². The van der Waals surface area contributed by atoms with E-state index in [0.29, 0.717) is 12.6 Å². The summed E-state index contributed by atoms with van der Waals surface area (Å²) >= 11 is 0. The zero-order valence-electron chi connectivity index (χ0n) is 6.14. The lowest BCUT2D eigenvalue weighted by Gasteiger charge is -2.15. The molecule has 10 heavy (non-hydrogen) atoms. The SMILES string of the molecule is C#CCNC1C=CCCC1. The number of hydrogen-bond donors (Lipinski definition) is 1. The first kappa shape index (κ1) is 7.37. The number of nitrogens with one attached hydrogen (secondary N) is 1. The van der Waals surface area contributed by atoms with Gasteiger partial charge >= 0.3 is 0 Å². The van der Waals surface area contributed by atoms with Gasteiger partial charge in [0.05, 0.1) is 6.54 Å². The Morgan fingerprint density at radius 2 is 2.60 bits per heavy atom. The Bertz CT molecular complexity index is 153. The molecule has 1 aliphatic carbocycles. The second kappa shape index (κ2) is 4.14. The number of allylic oxidation sites excluding steroid dienone is 1. The minimum atomic E-state index is 0.532. The molecule has 0 fully saturated rings. The Kier molecular flexibility index (Phi) is 3.05. The minimum absolute atomic E-state index is 0.532. The summed E-state index contributed by atoms with van der Waals surface area (Å²) in [5, 5.41) is 3.25. The monoisotopic (exact) mass is 135 g/mol. The molecule has 54 valence electrons. The van der Waals surface area contributed by atoms with Gasteiger partial charge in [0.1, 0.15) is 0 Å². The summed E-state index contributed by atoms with van der Waals surface area (Å²) in [6.45, 7) is 0.689. The highest BCUT2D eigenvalue weighted by atomic mass is 14.9. The molecule has 1 N–H and O–H groups in total. The van der Waals surface area contributed by atoms with Crippen LogP contribution in [0.15, 0.2) is 12.2 Å². The average molecular weight is 135 g/mol. The van der Waals surface area contributed by atoms with Gasteiger partial charge in [0, 0.05) is 6.04 Å². The van der Waals surface area contributed by atoms with E-state index in [9.17, 15) is 0 Å². The van der Waals surface area contributed by atoms with E-state index in [1.165, 1.54) is 19.3 Å². The standard InChI is InChI=1S/C9H13N/c1-2-8-10-9-6-4-3-5-7-9/h1,4,6,9-10H,3,5,7-8H2.